The van der Waals surface area contributed by atoms with Gasteiger partial charge in [-0.3, -0.25) is 33.2 Å². The molecule has 338 valence electrons. The van der Waals surface area contributed by atoms with Crippen LogP contribution in [0.5, 0.6) is 0 Å². The van der Waals surface area contributed by atoms with E-state index in [1.165, 1.54) is 86.2 Å². The molecule has 2 amide bonds. The summed E-state index contributed by atoms with van der Waals surface area (Å²) in [5.74, 6) is -8.24. The quantitative estimate of drug-likeness (QED) is 0.0236. The normalized spacial score (nSPS) is 10.0. The first-order valence-corrected chi connectivity index (χ1v) is 19.7. The Kier molecular flexibility index (Phi) is 27.8. The SMILES string of the molecule is CON(C)C(=O)c1c[nH]c(=S)n1-c1ccc(F)cc1.CON(C)C(=O)c1cnc(SCc2c(F)ccc(F)c2F)n1-c1ccc(F)cc1.Fc1ccc(F)c(CBr)c1F.O=CO[O-].[H-].[K+].[K+]. The van der Waals surface area contributed by atoms with E-state index in [0.29, 0.717) is 27.9 Å². The van der Waals surface area contributed by atoms with Crippen molar-refractivity contribution < 1.29 is 174 Å². The average Bonchev–Trinajstić information content (AvgIpc) is 3.89. The number of alkyl halides is 1. The summed E-state index contributed by atoms with van der Waals surface area (Å²) in [4.78, 5) is 52.6. The number of aromatic amines is 1. The van der Waals surface area contributed by atoms with Crippen molar-refractivity contribution in [1.82, 2.24) is 29.2 Å². The molecule has 1 N–H and O–H groups in total. The summed E-state index contributed by atoms with van der Waals surface area (Å²) in [7, 11) is 5.59. The standard InChI is InChI=1S/C19H15F4N3O2S.C12H12FN3O2S.C7H4BrF3.CH2O3.2K.H/c1-25(28-2)18(27)16-9-24-19(26(16)12-5-3-11(20)4-6-12)29-10-13-14(21)7-8-15(22)17(13)23;1-15(18-2)11(17)10-7-14-12(19)16(10)9-5-3-8(13)4-6-9;8-3-4-5(9)1-2-6(10)7(4)11;2-1-4-3;;;/h3-9H,10H2,1-2H3;3-7H,1-2H3,(H,14,19);1-2H,3H2;1,3H;;;/q;;;;2*+1;-1/p-1. The van der Waals surface area contributed by atoms with Gasteiger partial charge in [0.25, 0.3) is 18.3 Å². The molecule has 0 bridgehead atoms. The summed E-state index contributed by atoms with van der Waals surface area (Å²) >= 11 is 8.87. The van der Waals surface area contributed by atoms with Gasteiger partial charge in [-0.2, -0.15) is 0 Å². The van der Waals surface area contributed by atoms with Crippen molar-refractivity contribution >= 4 is 58.2 Å². The molecule has 26 heteroatoms. The minimum absolute atomic E-state index is 0. The molecular formula is C39H33BrF8K2N6O7S2. The van der Waals surface area contributed by atoms with Gasteiger partial charge in [-0.25, -0.2) is 50.2 Å². The van der Waals surface area contributed by atoms with Crippen LogP contribution in [0.25, 0.3) is 11.4 Å². The number of hydroxylamine groups is 4. The Morgan fingerprint density at radius 2 is 1.17 bits per heavy atom. The third-order valence-electron chi connectivity index (χ3n) is 8.03. The summed E-state index contributed by atoms with van der Waals surface area (Å²) in [6.45, 7) is -0.181. The fraction of sp³-hybridized carbons (Fsp3) is 0.154. The molecule has 2 heterocycles. The Morgan fingerprint density at radius 3 is 1.60 bits per heavy atom. The van der Waals surface area contributed by atoms with E-state index in [0.717, 1.165) is 40.1 Å². The molecule has 0 saturated heterocycles. The number of carbonyl (C=O) groups excluding carboxylic acids is 3. The molecule has 0 aliphatic rings. The third-order valence-corrected chi connectivity index (χ3v) is 9.87. The Morgan fingerprint density at radius 1 is 0.754 bits per heavy atom. The maximum absolute atomic E-state index is 13.9. The minimum atomic E-state index is -1.28. The van der Waals surface area contributed by atoms with Gasteiger partial charge in [0.2, 0.25) is 0 Å². The smallest absolute Gasteiger partial charge is 1.00 e. The van der Waals surface area contributed by atoms with Gasteiger partial charge in [-0.15, -0.1) is 0 Å². The van der Waals surface area contributed by atoms with Crippen LogP contribution >= 0.6 is 39.9 Å². The zero-order chi connectivity index (χ0) is 47.0. The van der Waals surface area contributed by atoms with E-state index in [9.17, 15) is 44.7 Å². The second kappa shape index (κ2) is 30.0. The topological polar surface area (TPSA) is 147 Å². The average molecular weight is 1070 g/mol. The molecule has 6 aromatic rings. The number of thioether (sulfide) groups is 1. The van der Waals surface area contributed by atoms with Crippen LogP contribution in [0, 0.1) is 51.3 Å². The predicted molar refractivity (Wildman–Crippen MR) is 216 cm³/mol. The number of halogens is 9. The molecule has 6 rings (SSSR count). The first kappa shape index (κ1) is 60.4. The fourth-order valence-electron chi connectivity index (χ4n) is 4.82. The Bertz CT molecular complexity index is 2570. The summed E-state index contributed by atoms with van der Waals surface area (Å²) in [5, 5.41) is 10.7. The summed E-state index contributed by atoms with van der Waals surface area (Å²) < 4.78 is 108. The number of nitrogens with one attached hydrogen (secondary N) is 1. The second-order valence-corrected chi connectivity index (χ2v) is 13.6. The maximum Gasteiger partial charge on any atom is 1.00 e. The van der Waals surface area contributed by atoms with E-state index in [-0.39, 0.29) is 150 Å². The molecule has 2 aromatic heterocycles. The predicted octanol–water partition coefficient (Wildman–Crippen LogP) is 2.22. The molecule has 0 saturated carbocycles. The Hall–Kier alpha value is -2.65. The number of hydrogen-bond donors (Lipinski definition) is 1. The van der Waals surface area contributed by atoms with Crippen molar-refractivity contribution in [1.29, 1.82) is 0 Å². The van der Waals surface area contributed by atoms with Crippen molar-refractivity contribution in [2.24, 2.45) is 0 Å². The second-order valence-electron chi connectivity index (χ2n) is 11.8. The van der Waals surface area contributed by atoms with Gasteiger partial charge in [0.05, 0.1) is 20.4 Å². The Labute approximate surface area is 469 Å². The number of benzene rings is 4. The maximum atomic E-state index is 13.9. The van der Waals surface area contributed by atoms with Crippen LogP contribution in [0.15, 0.2) is 90.3 Å². The molecule has 0 aliphatic heterocycles. The molecule has 0 radical (unpaired) electrons. The molecule has 0 atom stereocenters. The van der Waals surface area contributed by atoms with Gasteiger partial charge in [0.15, 0.2) is 33.2 Å². The van der Waals surface area contributed by atoms with E-state index < -0.39 is 52.2 Å². The molecule has 0 fully saturated rings. The first-order chi connectivity index (χ1) is 29.9. The van der Waals surface area contributed by atoms with E-state index in [1.54, 1.807) is 12.1 Å². The molecular weight excluding hydrogens is 1040 g/mol. The van der Waals surface area contributed by atoms with Crippen molar-refractivity contribution in [3.8, 4) is 11.4 Å². The Balaban J connectivity index is 0.000000983. The number of amides is 2. The zero-order valence-corrected chi connectivity index (χ0v) is 44.4. The van der Waals surface area contributed by atoms with Gasteiger partial charge in [-0.1, -0.05) is 27.7 Å². The van der Waals surface area contributed by atoms with Crippen LogP contribution in [-0.4, -0.2) is 75.8 Å². The number of nitrogens with zero attached hydrogens (tertiary/aromatic N) is 5. The number of aromatic nitrogens is 4. The van der Waals surface area contributed by atoms with Crippen LogP contribution in [0.1, 0.15) is 33.5 Å². The van der Waals surface area contributed by atoms with Crippen LogP contribution < -0.4 is 108 Å². The summed E-state index contributed by atoms with van der Waals surface area (Å²) in [6.07, 6.45) is 2.76. The fourth-order valence-corrected chi connectivity index (χ4v) is 6.59. The molecule has 0 spiro atoms. The van der Waals surface area contributed by atoms with Crippen LogP contribution in [0.4, 0.5) is 35.1 Å². The molecule has 65 heavy (non-hydrogen) atoms. The van der Waals surface area contributed by atoms with Gasteiger partial charge in [-0.05, 0) is 85.0 Å². The van der Waals surface area contributed by atoms with Gasteiger partial charge in [0.1, 0.15) is 34.7 Å². The van der Waals surface area contributed by atoms with Gasteiger partial charge in [0, 0.05) is 53.9 Å². The van der Waals surface area contributed by atoms with Crippen molar-refractivity contribution in [3.05, 3.63) is 159 Å². The van der Waals surface area contributed by atoms with E-state index in [2.05, 4.69) is 30.8 Å². The van der Waals surface area contributed by atoms with E-state index in [4.69, 9.17) is 31.9 Å². The number of rotatable bonds is 11. The van der Waals surface area contributed by atoms with Crippen molar-refractivity contribution in [2.45, 2.75) is 16.2 Å². The zero-order valence-electron chi connectivity index (χ0n) is 35.9. The van der Waals surface area contributed by atoms with Crippen LogP contribution in [-0.2, 0) is 30.4 Å². The van der Waals surface area contributed by atoms with Crippen molar-refractivity contribution in [3.63, 3.8) is 0 Å². The molecule has 13 nitrogen and oxygen atoms in total. The van der Waals surface area contributed by atoms with Gasteiger partial charge >= 0.3 is 103 Å². The molecule has 0 unspecified atom stereocenters. The van der Waals surface area contributed by atoms with E-state index in [1.807, 2.05) is 0 Å². The van der Waals surface area contributed by atoms with E-state index >= 15 is 0 Å². The number of H-pyrrole nitrogens is 1. The minimum Gasteiger partial charge on any atom is -1.00 e. The largest absolute Gasteiger partial charge is 1.00 e. The molecule has 0 aliphatic carbocycles. The first-order valence-electron chi connectivity index (χ1n) is 17.2. The summed E-state index contributed by atoms with van der Waals surface area (Å²) in [6, 6.07) is 14.1. The summed E-state index contributed by atoms with van der Waals surface area (Å²) in [5.41, 5.74) is 0.667. The number of hydrogen-bond acceptors (Lipinski definition) is 10. The van der Waals surface area contributed by atoms with Gasteiger partial charge < -0.3 is 16.6 Å². The number of imidazole rings is 2. The van der Waals surface area contributed by atoms with Crippen LogP contribution in [0.2, 0.25) is 0 Å². The van der Waals surface area contributed by atoms with Crippen molar-refractivity contribution in [2.75, 3.05) is 28.3 Å². The van der Waals surface area contributed by atoms with Crippen LogP contribution in [0.3, 0.4) is 0 Å². The monoisotopic (exact) mass is 1070 g/mol. The number of carbonyl (C=O) groups is 3. The molecule has 4 aromatic carbocycles. The third kappa shape index (κ3) is 16.8.